The molecular formula is C18H26F2O2. The number of aliphatic hydroxyl groups is 1. The topological polar surface area (TPSA) is 29.5 Å². The molecule has 4 fully saturated rings. The molecule has 6 aliphatic carbocycles. The SMILES string of the molecule is CC12CCC(COC34CCC(O)(CC3)CC4)(CC1)C(F)=C2F. The van der Waals surface area contributed by atoms with Crippen molar-refractivity contribution in [3.05, 3.63) is 11.7 Å². The van der Waals surface area contributed by atoms with Crippen molar-refractivity contribution in [2.75, 3.05) is 6.61 Å². The molecule has 0 radical (unpaired) electrons. The zero-order valence-corrected chi connectivity index (χ0v) is 13.4. The van der Waals surface area contributed by atoms with Crippen molar-refractivity contribution >= 4 is 0 Å². The summed E-state index contributed by atoms with van der Waals surface area (Å²) in [6.07, 6.45) is 7.75. The smallest absolute Gasteiger partial charge is 0.140 e. The van der Waals surface area contributed by atoms with Gasteiger partial charge in [-0.2, -0.15) is 0 Å². The minimum atomic E-state index is -0.720. The highest BCUT2D eigenvalue weighted by Crippen LogP contribution is 2.61. The van der Waals surface area contributed by atoms with Crippen LogP contribution in [0.3, 0.4) is 0 Å². The number of fused-ring (bicyclic) bond motifs is 5. The molecule has 4 heteroatoms. The van der Waals surface area contributed by atoms with Crippen molar-refractivity contribution < 1.29 is 18.6 Å². The summed E-state index contributed by atoms with van der Waals surface area (Å²) in [6, 6.07) is 0. The molecule has 0 aromatic rings. The Kier molecular flexibility index (Phi) is 3.11. The lowest BCUT2D eigenvalue weighted by Gasteiger charge is -2.53. The Morgan fingerprint density at radius 3 is 1.95 bits per heavy atom. The number of hydrogen-bond acceptors (Lipinski definition) is 2. The van der Waals surface area contributed by atoms with Crippen molar-refractivity contribution in [3.8, 4) is 0 Å². The number of halogens is 2. The van der Waals surface area contributed by atoms with E-state index in [0.717, 1.165) is 51.4 Å². The first-order valence-electron chi connectivity index (χ1n) is 8.73. The molecule has 0 spiro atoms. The zero-order chi connectivity index (χ0) is 15.6. The second-order valence-corrected chi connectivity index (χ2v) is 8.66. The fourth-order valence-electron chi connectivity index (χ4n) is 5.06. The van der Waals surface area contributed by atoms with Crippen LogP contribution >= 0.6 is 0 Å². The predicted molar refractivity (Wildman–Crippen MR) is 79.6 cm³/mol. The summed E-state index contributed by atoms with van der Waals surface area (Å²) in [4.78, 5) is 0. The Labute approximate surface area is 130 Å². The number of rotatable bonds is 3. The second-order valence-electron chi connectivity index (χ2n) is 8.66. The third-order valence-electron chi connectivity index (χ3n) is 7.29. The molecule has 0 saturated heterocycles. The van der Waals surface area contributed by atoms with Crippen molar-refractivity contribution in [2.24, 2.45) is 10.8 Å². The van der Waals surface area contributed by atoms with Crippen LogP contribution in [-0.4, -0.2) is 22.9 Å². The molecule has 0 atom stereocenters. The maximum absolute atomic E-state index is 14.6. The third kappa shape index (κ3) is 2.02. The van der Waals surface area contributed by atoms with Gasteiger partial charge in [0.1, 0.15) is 11.7 Å². The van der Waals surface area contributed by atoms with E-state index < -0.39 is 28.1 Å². The largest absolute Gasteiger partial charge is 0.390 e. The van der Waals surface area contributed by atoms with Crippen LogP contribution in [0.2, 0.25) is 0 Å². The molecule has 2 nitrogen and oxygen atoms in total. The van der Waals surface area contributed by atoms with Crippen LogP contribution in [0.25, 0.3) is 0 Å². The molecule has 4 bridgehead atoms. The molecular weight excluding hydrogens is 286 g/mol. The van der Waals surface area contributed by atoms with Gasteiger partial charge in [-0.3, -0.25) is 0 Å². The van der Waals surface area contributed by atoms with Crippen molar-refractivity contribution in [1.29, 1.82) is 0 Å². The normalized spacial score (nSPS) is 50.7. The van der Waals surface area contributed by atoms with Crippen molar-refractivity contribution in [2.45, 2.75) is 82.3 Å². The summed E-state index contributed by atoms with van der Waals surface area (Å²) in [6.45, 7) is 2.15. The third-order valence-corrected chi connectivity index (χ3v) is 7.29. The first-order chi connectivity index (χ1) is 10.3. The van der Waals surface area contributed by atoms with E-state index in [0.29, 0.717) is 19.4 Å². The Morgan fingerprint density at radius 1 is 0.864 bits per heavy atom. The van der Waals surface area contributed by atoms with E-state index in [1.165, 1.54) is 0 Å². The van der Waals surface area contributed by atoms with Gasteiger partial charge in [-0.25, -0.2) is 8.78 Å². The summed E-state index contributed by atoms with van der Waals surface area (Å²) in [5.74, 6) is -1.06. The van der Waals surface area contributed by atoms with Gasteiger partial charge in [-0.15, -0.1) is 0 Å². The zero-order valence-electron chi connectivity index (χ0n) is 13.4. The summed E-state index contributed by atoms with van der Waals surface area (Å²) < 4.78 is 35.2. The van der Waals surface area contributed by atoms with Gasteiger partial charge in [0.25, 0.3) is 0 Å². The van der Waals surface area contributed by atoms with Gasteiger partial charge < -0.3 is 9.84 Å². The average molecular weight is 312 g/mol. The Morgan fingerprint density at radius 2 is 1.41 bits per heavy atom. The van der Waals surface area contributed by atoms with Crippen LogP contribution in [0.5, 0.6) is 0 Å². The Bertz CT molecular complexity index is 493. The van der Waals surface area contributed by atoms with Crippen LogP contribution in [-0.2, 0) is 4.74 Å². The molecule has 0 aliphatic heterocycles. The summed E-state index contributed by atoms with van der Waals surface area (Å²) in [5, 5.41) is 10.3. The van der Waals surface area contributed by atoms with E-state index in [4.69, 9.17) is 4.74 Å². The van der Waals surface area contributed by atoms with E-state index in [2.05, 4.69) is 0 Å². The van der Waals surface area contributed by atoms with Gasteiger partial charge in [0.05, 0.1) is 17.8 Å². The van der Waals surface area contributed by atoms with Crippen LogP contribution in [0.1, 0.15) is 71.1 Å². The van der Waals surface area contributed by atoms with Crippen molar-refractivity contribution in [1.82, 2.24) is 0 Å². The van der Waals surface area contributed by atoms with E-state index in [1.54, 1.807) is 0 Å². The molecule has 1 N–H and O–H groups in total. The highest BCUT2D eigenvalue weighted by Gasteiger charge is 2.55. The van der Waals surface area contributed by atoms with Gasteiger partial charge >= 0.3 is 0 Å². The summed E-state index contributed by atoms with van der Waals surface area (Å²) >= 11 is 0. The molecule has 0 heterocycles. The maximum atomic E-state index is 14.6. The number of hydrogen-bond donors (Lipinski definition) is 1. The van der Waals surface area contributed by atoms with Gasteiger partial charge in [0, 0.05) is 10.8 Å². The molecule has 124 valence electrons. The van der Waals surface area contributed by atoms with E-state index in [1.807, 2.05) is 6.92 Å². The van der Waals surface area contributed by atoms with Crippen molar-refractivity contribution in [3.63, 3.8) is 0 Å². The molecule has 0 unspecified atom stereocenters. The van der Waals surface area contributed by atoms with Crippen LogP contribution in [0.4, 0.5) is 8.78 Å². The predicted octanol–water partition coefficient (Wildman–Crippen LogP) is 4.57. The van der Waals surface area contributed by atoms with Gasteiger partial charge in [-0.05, 0) is 64.2 Å². The number of allylic oxidation sites excluding steroid dienone is 1. The van der Waals surface area contributed by atoms with Crippen LogP contribution in [0.15, 0.2) is 11.7 Å². The fraction of sp³-hybridized carbons (Fsp3) is 0.889. The number of ether oxygens (including phenoxy) is 1. The molecule has 0 aromatic heterocycles. The van der Waals surface area contributed by atoms with E-state index in [9.17, 15) is 13.9 Å². The lowest BCUT2D eigenvalue weighted by Crippen LogP contribution is -2.53. The van der Waals surface area contributed by atoms with Gasteiger partial charge in [0.15, 0.2) is 0 Å². The minimum absolute atomic E-state index is 0.200. The Balaban J connectivity index is 1.50. The molecule has 6 aliphatic rings. The van der Waals surface area contributed by atoms with E-state index >= 15 is 0 Å². The minimum Gasteiger partial charge on any atom is -0.390 e. The molecule has 6 rings (SSSR count). The quantitative estimate of drug-likeness (QED) is 0.827. The molecule has 0 aromatic carbocycles. The monoisotopic (exact) mass is 312 g/mol. The molecule has 22 heavy (non-hydrogen) atoms. The standard InChI is InChI=1S/C18H26F2O2/c1-15-2-4-16(5-3-15,14(20)13(15)19)12-22-18-9-6-17(21,7-10-18)8-11-18/h21H,2-12H2,1H3. The average Bonchev–Trinajstić information content (AvgIpc) is 2.54. The lowest BCUT2D eigenvalue weighted by molar-refractivity contribution is -0.184. The fourth-order valence-corrected chi connectivity index (χ4v) is 5.06. The molecule has 0 amide bonds. The highest BCUT2D eigenvalue weighted by atomic mass is 19.2. The lowest BCUT2D eigenvalue weighted by atomic mass is 9.57. The highest BCUT2D eigenvalue weighted by molar-refractivity contribution is 5.26. The first-order valence-corrected chi connectivity index (χ1v) is 8.73. The first kappa shape index (κ1) is 15.1. The maximum Gasteiger partial charge on any atom is 0.140 e. The van der Waals surface area contributed by atoms with Crippen LogP contribution < -0.4 is 0 Å². The summed E-state index contributed by atoms with van der Waals surface area (Å²) in [5.41, 5.74) is -1.98. The van der Waals surface area contributed by atoms with Gasteiger partial charge in [0.2, 0.25) is 0 Å². The van der Waals surface area contributed by atoms with E-state index in [-0.39, 0.29) is 5.60 Å². The van der Waals surface area contributed by atoms with Crippen LogP contribution in [0, 0.1) is 10.8 Å². The summed E-state index contributed by atoms with van der Waals surface area (Å²) in [7, 11) is 0. The second kappa shape index (κ2) is 4.54. The molecule has 4 saturated carbocycles. The van der Waals surface area contributed by atoms with Gasteiger partial charge in [-0.1, -0.05) is 6.92 Å². The Hall–Kier alpha value is -0.480.